The van der Waals surface area contributed by atoms with Crippen LogP contribution in [0.2, 0.25) is 0 Å². The van der Waals surface area contributed by atoms with Crippen LogP contribution in [0.5, 0.6) is 0 Å². The predicted molar refractivity (Wildman–Crippen MR) is 69.3 cm³/mol. The maximum atomic E-state index is 12.2. The SMILES string of the molecule is O=C1OCCC1CC(=O)N1CCC2CCC(C1)S2. The Bertz CT molecular complexity index is 360. The van der Waals surface area contributed by atoms with Crippen molar-refractivity contribution in [3.63, 3.8) is 0 Å². The molecule has 0 aromatic heterocycles. The zero-order valence-electron chi connectivity index (χ0n) is 10.5. The molecule has 3 aliphatic rings. The van der Waals surface area contributed by atoms with E-state index in [4.69, 9.17) is 4.74 Å². The highest BCUT2D eigenvalue weighted by atomic mass is 32.2. The lowest BCUT2D eigenvalue weighted by atomic mass is 10.0. The monoisotopic (exact) mass is 269 g/mol. The van der Waals surface area contributed by atoms with E-state index >= 15 is 0 Å². The maximum Gasteiger partial charge on any atom is 0.309 e. The van der Waals surface area contributed by atoms with Gasteiger partial charge in [-0.1, -0.05) is 0 Å². The number of fused-ring (bicyclic) bond motifs is 2. The Morgan fingerprint density at radius 1 is 1.28 bits per heavy atom. The van der Waals surface area contributed by atoms with Gasteiger partial charge in [0, 0.05) is 30.0 Å². The van der Waals surface area contributed by atoms with Gasteiger partial charge in [0.05, 0.1) is 12.5 Å². The maximum absolute atomic E-state index is 12.2. The van der Waals surface area contributed by atoms with Crippen LogP contribution in [0.3, 0.4) is 0 Å². The predicted octanol–water partition coefficient (Wildman–Crippen LogP) is 1.44. The molecule has 3 unspecified atom stereocenters. The molecule has 4 nitrogen and oxygen atoms in total. The Kier molecular flexibility index (Phi) is 3.50. The van der Waals surface area contributed by atoms with Gasteiger partial charge < -0.3 is 9.64 Å². The number of esters is 1. The van der Waals surface area contributed by atoms with Gasteiger partial charge in [-0.2, -0.15) is 11.8 Å². The Labute approximate surface area is 111 Å². The molecule has 0 aromatic carbocycles. The molecule has 3 saturated heterocycles. The van der Waals surface area contributed by atoms with Crippen molar-refractivity contribution >= 4 is 23.6 Å². The van der Waals surface area contributed by atoms with E-state index in [1.54, 1.807) is 0 Å². The molecule has 1 amide bonds. The zero-order chi connectivity index (χ0) is 12.5. The van der Waals surface area contributed by atoms with E-state index in [1.807, 2.05) is 4.90 Å². The number of ether oxygens (including phenoxy) is 1. The quantitative estimate of drug-likeness (QED) is 0.712. The van der Waals surface area contributed by atoms with Crippen LogP contribution < -0.4 is 0 Å². The fourth-order valence-electron chi connectivity index (χ4n) is 3.05. The van der Waals surface area contributed by atoms with Crippen LogP contribution in [0.25, 0.3) is 0 Å². The van der Waals surface area contributed by atoms with Crippen LogP contribution in [0, 0.1) is 5.92 Å². The second-order valence-corrected chi connectivity index (χ2v) is 7.05. The van der Waals surface area contributed by atoms with Crippen molar-refractivity contribution in [2.75, 3.05) is 19.7 Å². The first-order valence-corrected chi connectivity index (χ1v) is 7.76. The van der Waals surface area contributed by atoms with E-state index in [-0.39, 0.29) is 17.8 Å². The van der Waals surface area contributed by atoms with Gasteiger partial charge in [-0.3, -0.25) is 9.59 Å². The average Bonchev–Trinajstić information content (AvgIpc) is 2.86. The van der Waals surface area contributed by atoms with Gasteiger partial charge >= 0.3 is 5.97 Å². The van der Waals surface area contributed by atoms with Crippen LogP contribution in [0.15, 0.2) is 0 Å². The highest BCUT2D eigenvalue weighted by Gasteiger charge is 2.35. The minimum atomic E-state index is -0.189. The molecule has 18 heavy (non-hydrogen) atoms. The number of nitrogens with zero attached hydrogens (tertiary/aromatic N) is 1. The summed E-state index contributed by atoms with van der Waals surface area (Å²) in [5.74, 6) is -0.230. The van der Waals surface area contributed by atoms with Crippen LogP contribution in [-0.2, 0) is 14.3 Å². The van der Waals surface area contributed by atoms with E-state index in [1.165, 1.54) is 12.8 Å². The van der Waals surface area contributed by atoms with E-state index in [9.17, 15) is 9.59 Å². The van der Waals surface area contributed by atoms with Gasteiger partial charge in [-0.05, 0) is 25.7 Å². The number of cyclic esters (lactones) is 1. The molecule has 0 spiro atoms. The molecule has 0 aliphatic carbocycles. The summed E-state index contributed by atoms with van der Waals surface area (Å²) in [6, 6.07) is 0. The lowest BCUT2D eigenvalue weighted by Gasteiger charge is -2.25. The van der Waals surface area contributed by atoms with Crippen molar-refractivity contribution in [2.24, 2.45) is 5.92 Å². The third-order valence-corrected chi connectivity index (χ3v) is 5.78. The number of hydrogen-bond acceptors (Lipinski definition) is 4. The lowest BCUT2D eigenvalue weighted by Crippen LogP contribution is -2.37. The third kappa shape index (κ3) is 2.51. The third-order valence-electron chi connectivity index (χ3n) is 4.16. The topological polar surface area (TPSA) is 46.6 Å². The number of hydrogen-bond donors (Lipinski definition) is 0. The van der Waals surface area contributed by atoms with Gasteiger partial charge in [-0.25, -0.2) is 0 Å². The van der Waals surface area contributed by atoms with E-state index in [2.05, 4.69) is 11.8 Å². The molecule has 0 radical (unpaired) electrons. The summed E-state index contributed by atoms with van der Waals surface area (Å²) in [6.45, 7) is 2.23. The molecule has 0 N–H and O–H groups in total. The second kappa shape index (κ2) is 5.11. The molecule has 3 heterocycles. The summed E-state index contributed by atoms with van der Waals surface area (Å²) in [6.07, 6.45) is 4.72. The summed E-state index contributed by atoms with van der Waals surface area (Å²) in [5.41, 5.74) is 0. The first-order chi connectivity index (χ1) is 8.72. The van der Waals surface area contributed by atoms with Crippen molar-refractivity contribution in [1.82, 2.24) is 4.90 Å². The fourth-order valence-corrected chi connectivity index (χ4v) is 4.65. The van der Waals surface area contributed by atoms with Crippen molar-refractivity contribution in [3.8, 4) is 0 Å². The molecule has 3 atom stereocenters. The molecule has 100 valence electrons. The molecule has 5 heteroatoms. The summed E-state index contributed by atoms with van der Waals surface area (Å²) in [5, 5.41) is 1.38. The average molecular weight is 269 g/mol. The normalized spacial score (nSPS) is 35.4. The number of carbonyl (C=O) groups is 2. The van der Waals surface area contributed by atoms with Gasteiger partial charge in [0.2, 0.25) is 5.91 Å². The Morgan fingerprint density at radius 3 is 2.89 bits per heavy atom. The first-order valence-electron chi connectivity index (χ1n) is 6.82. The number of amides is 1. The van der Waals surface area contributed by atoms with Crippen LogP contribution in [-0.4, -0.2) is 47.0 Å². The van der Waals surface area contributed by atoms with Crippen molar-refractivity contribution < 1.29 is 14.3 Å². The van der Waals surface area contributed by atoms with Gasteiger partial charge in [0.25, 0.3) is 0 Å². The van der Waals surface area contributed by atoms with Gasteiger partial charge in [-0.15, -0.1) is 0 Å². The lowest BCUT2D eigenvalue weighted by molar-refractivity contribution is -0.144. The molecule has 2 bridgehead atoms. The molecule has 3 rings (SSSR count). The summed E-state index contributed by atoms with van der Waals surface area (Å²) in [7, 11) is 0. The highest BCUT2D eigenvalue weighted by Crippen LogP contribution is 2.38. The fraction of sp³-hybridized carbons (Fsp3) is 0.846. The number of carbonyl (C=O) groups excluding carboxylic acids is 2. The number of rotatable bonds is 2. The Balaban J connectivity index is 1.57. The highest BCUT2D eigenvalue weighted by molar-refractivity contribution is 8.00. The smallest absolute Gasteiger partial charge is 0.309 e. The Hall–Kier alpha value is -0.710. The molecular weight excluding hydrogens is 250 g/mol. The van der Waals surface area contributed by atoms with E-state index in [0.29, 0.717) is 24.7 Å². The van der Waals surface area contributed by atoms with Crippen molar-refractivity contribution in [1.29, 1.82) is 0 Å². The van der Waals surface area contributed by atoms with E-state index in [0.717, 1.165) is 24.8 Å². The molecule has 0 saturated carbocycles. The van der Waals surface area contributed by atoms with Crippen LogP contribution in [0.1, 0.15) is 32.1 Å². The minimum absolute atomic E-state index is 0.145. The second-order valence-electron chi connectivity index (χ2n) is 5.44. The van der Waals surface area contributed by atoms with Gasteiger partial charge in [0.15, 0.2) is 0 Å². The van der Waals surface area contributed by atoms with E-state index < -0.39 is 0 Å². The largest absolute Gasteiger partial charge is 0.465 e. The van der Waals surface area contributed by atoms with Gasteiger partial charge in [0.1, 0.15) is 0 Å². The van der Waals surface area contributed by atoms with Crippen molar-refractivity contribution in [2.45, 2.75) is 42.6 Å². The minimum Gasteiger partial charge on any atom is -0.465 e. The number of likely N-dealkylation sites (tertiary alicyclic amines) is 1. The summed E-state index contributed by atoms with van der Waals surface area (Å²) in [4.78, 5) is 25.6. The molecule has 3 aliphatic heterocycles. The van der Waals surface area contributed by atoms with Crippen molar-refractivity contribution in [3.05, 3.63) is 0 Å². The molecule has 3 fully saturated rings. The van der Waals surface area contributed by atoms with Crippen LogP contribution in [0.4, 0.5) is 0 Å². The summed E-state index contributed by atoms with van der Waals surface area (Å²) >= 11 is 2.05. The molecular formula is C13H19NO3S. The molecule has 0 aromatic rings. The number of thioether (sulfide) groups is 1. The summed E-state index contributed by atoms with van der Waals surface area (Å²) < 4.78 is 4.91. The Morgan fingerprint density at radius 2 is 2.11 bits per heavy atom. The standard InChI is InChI=1S/C13H19NO3S/c15-12(7-9-4-6-17-13(9)16)14-5-3-10-1-2-11(8-14)18-10/h9-11H,1-8H2. The van der Waals surface area contributed by atoms with Crippen LogP contribution >= 0.6 is 11.8 Å². The first kappa shape index (κ1) is 12.3. The zero-order valence-corrected chi connectivity index (χ0v) is 11.3.